The van der Waals surface area contributed by atoms with E-state index in [1.165, 1.54) is 0 Å². The molecular weight excluding hydrogens is 282 g/mol. The molecule has 22 heavy (non-hydrogen) atoms. The molecule has 0 bridgehead atoms. The predicted octanol–water partition coefficient (Wildman–Crippen LogP) is 1.74. The van der Waals surface area contributed by atoms with Gasteiger partial charge in [-0.2, -0.15) is 0 Å². The molecule has 1 aromatic rings. The summed E-state index contributed by atoms with van der Waals surface area (Å²) in [7, 11) is 0. The number of hydrogen-bond donors (Lipinski definition) is 2. The van der Waals surface area contributed by atoms with Crippen LogP contribution >= 0.6 is 0 Å². The number of nitrogens with two attached hydrogens (primary N) is 1. The maximum Gasteiger partial charge on any atom is 0.240 e. The first-order chi connectivity index (χ1) is 10.2. The van der Waals surface area contributed by atoms with E-state index in [0.29, 0.717) is 30.3 Å². The van der Waals surface area contributed by atoms with Crippen molar-refractivity contribution in [1.82, 2.24) is 0 Å². The molecule has 1 aliphatic heterocycles. The van der Waals surface area contributed by atoms with E-state index in [1.807, 2.05) is 20.8 Å². The van der Waals surface area contributed by atoms with Crippen LogP contribution in [0.3, 0.4) is 0 Å². The van der Waals surface area contributed by atoms with Gasteiger partial charge in [-0.25, -0.2) is 0 Å². The second-order valence-corrected chi connectivity index (χ2v) is 6.52. The van der Waals surface area contributed by atoms with Crippen molar-refractivity contribution in [2.45, 2.75) is 33.7 Å². The van der Waals surface area contributed by atoms with Crippen LogP contribution in [0.15, 0.2) is 18.2 Å². The minimum Gasteiger partial charge on any atom is -0.490 e. The zero-order chi connectivity index (χ0) is 16.5. The second kappa shape index (κ2) is 5.96. The molecule has 0 saturated heterocycles. The third-order valence-electron chi connectivity index (χ3n) is 3.39. The Bertz CT molecular complexity index is 591. The van der Waals surface area contributed by atoms with E-state index in [1.54, 1.807) is 30.0 Å². The number of nitrogens with one attached hydrogen (secondary N) is 1. The summed E-state index contributed by atoms with van der Waals surface area (Å²) in [5.74, 6) is 0.390. The molecule has 1 aromatic carbocycles. The Kier molecular flexibility index (Phi) is 4.42. The monoisotopic (exact) mass is 305 g/mol. The van der Waals surface area contributed by atoms with Crippen LogP contribution < -0.4 is 20.7 Å². The maximum atomic E-state index is 12.6. The molecule has 0 aromatic heterocycles. The van der Waals surface area contributed by atoms with Crippen molar-refractivity contribution < 1.29 is 14.3 Å². The van der Waals surface area contributed by atoms with Crippen molar-refractivity contribution in [2.24, 2.45) is 11.1 Å². The number of anilines is 2. The molecule has 0 aliphatic carbocycles. The highest BCUT2D eigenvalue weighted by Gasteiger charge is 2.32. The molecule has 3 N–H and O–H groups in total. The minimum atomic E-state index is -0.598. The fourth-order valence-electron chi connectivity index (χ4n) is 2.17. The largest absolute Gasteiger partial charge is 0.490 e. The fourth-order valence-corrected chi connectivity index (χ4v) is 2.17. The first kappa shape index (κ1) is 16.3. The van der Waals surface area contributed by atoms with Gasteiger partial charge in [0.25, 0.3) is 0 Å². The van der Waals surface area contributed by atoms with Gasteiger partial charge in [0.2, 0.25) is 11.8 Å². The van der Waals surface area contributed by atoms with Crippen LogP contribution in [0.1, 0.15) is 27.7 Å². The number of ether oxygens (including phenoxy) is 1. The van der Waals surface area contributed by atoms with Crippen LogP contribution in [-0.2, 0) is 9.59 Å². The van der Waals surface area contributed by atoms with Crippen LogP contribution in [-0.4, -0.2) is 31.0 Å². The van der Waals surface area contributed by atoms with Gasteiger partial charge >= 0.3 is 0 Å². The van der Waals surface area contributed by atoms with Gasteiger partial charge in [0.15, 0.2) is 0 Å². The zero-order valence-electron chi connectivity index (χ0n) is 13.5. The molecule has 2 amide bonds. The van der Waals surface area contributed by atoms with Crippen molar-refractivity contribution in [1.29, 1.82) is 0 Å². The molecule has 0 saturated carbocycles. The van der Waals surface area contributed by atoms with E-state index in [4.69, 9.17) is 10.5 Å². The number of hydrogen-bond acceptors (Lipinski definition) is 4. The van der Waals surface area contributed by atoms with Crippen molar-refractivity contribution in [2.75, 3.05) is 23.4 Å². The van der Waals surface area contributed by atoms with E-state index in [2.05, 4.69) is 5.32 Å². The summed E-state index contributed by atoms with van der Waals surface area (Å²) >= 11 is 0. The number of benzene rings is 1. The summed E-state index contributed by atoms with van der Waals surface area (Å²) in [4.78, 5) is 26.0. The van der Waals surface area contributed by atoms with Gasteiger partial charge in [0.1, 0.15) is 12.4 Å². The number of carbonyl (C=O) groups excluding carboxylic acids is 2. The van der Waals surface area contributed by atoms with E-state index in [-0.39, 0.29) is 11.8 Å². The van der Waals surface area contributed by atoms with Crippen LogP contribution in [0, 0.1) is 5.41 Å². The van der Waals surface area contributed by atoms with Crippen LogP contribution in [0.25, 0.3) is 0 Å². The first-order valence-corrected chi connectivity index (χ1v) is 7.35. The van der Waals surface area contributed by atoms with Gasteiger partial charge in [-0.1, -0.05) is 20.8 Å². The average Bonchev–Trinajstić information content (AvgIpc) is 2.44. The summed E-state index contributed by atoms with van der Waals surface area (Å²) in [5.41, 5.74) is 6.34. The Balaban J connectivity index is 2.32. The van der Waals surface area contributed by atoms with Gasteiger partial charge < -0.3 is 20.7 Å². The van der Waals surface area contributed by atoms with Crippen LogP contribution in [0.2, 0.25) is 0 Å². The first-order valence-electron chi connectivity index (χ1n) is 7.35. The molecular formula is C16H23N3O3. The van der Waals surface area contributed by atoms with Gasteiger partial charge in [-0.15, -0.1) is 0 Å². The summed E-state index contributed by atoms with van der Waals surface area (Å²) in [6.45, 7) is 8.21. The number of fused-ring (bicyclic) bond motifs is 1. The third-order valence-corrected chi connectivity index (χ3v) is 3.39. The Morgan fingerprint density at radius 3 is 2.64 bits per heavy atom. The smallest absolute Gasteiger partial charge is 0.240 e. The van der Waals surface area contributed by atoms with Crippen molar-refractivity contribution in [3.8, 4) is 5.75 Å². The lowest BCUT2D eigenvalue weighted by Crippen LogP contribution is -2.44. The summed E-state index contributed by atoms with van der Waals surface area (Å²) in [6, 6.07) is 4.65. The maximum absolute atomic E-state index is 12.6. The second-order valence-electron chi connectivity index (χ2n) is 6.52. The van der Waals surface area contributed by atoms with E-state index in [9.17, 15) is 9.59 Å². The molecule has 1 heterocycles. The average molecular weight is 305 g/mol. The van der Waals surface area contributed by atoms with Crippen LogP contribution in [0.4, 0.5) is 11.4 Å². The van der Waals surface area contributed by atoms with Crippen LogP contribution in [0.5, 0.6) is 5.75 Å². The molecule has 0 spiro atoms. The molecule has 6 nitrogen and oxygen atoms in total. The highest BCUT2D eigenvalue weighted by Crippen LogP contribution is 2.36. The van der Waals surface area contributed by atoms with Crippen molar-refractivity contribution in [3.05, 3.63) is 18.2 Å². The molecule has 1 atom stereocenters. The summed E-state index contributed by atoms with van der Waals surface area (Å²) in [5, 5.41) is 2.73. The molecule has 6 heteroatoms. The predicted molar refractivity (Wildman–Crippen MR) is 86.0 cm³/mol. The number of amides is 2. The number of rotatable bonds is 2. The van der Waals surface area contributed by atoms with Gasteiger partial charge in [-0.05, 0) is 25.1 Å². The van der Waals surface area contributed by atoms with E-state index < -0.39 is 11.5 Å². The molecule has 0 fully saturated rings. The summed E-state index contributed by atoms with van der Waals surface area (Å²) in [6.07, 6.45) is 0. The molecule has 2 rings (SSSR count). The Morgan fingerprint density at radius 2 is 2.05 bits per heavy atom. The molecule has 0 radical (unpaired) electrons. The number of carbonyl (C=O) groups is 2. The SMILES string of the molecule is C[C@@H](N)C(=O)Nc1ccc2c(c1)N(C(=O)C(C)(C)C)CCO2. The lowest BCUT2D eigenvalue weighted by atomic mass is 9.94. The van der Waals surface area contributed by atoms with E-state index in [0.717, 1.165) is 0 Å². The number of nitrogens with zero attached hydrogens (tertiary/aromatic N) is 1. The van der Waals surface area contributed by atoms with Crippen molar-refractivity contribution in [3.63, 3.8) is 0 Å². The normalized spacial score (nSPS) is 15.6. The summed E-state index contributed by atoms with van der Waals surface area (Å²) < 4.78 is 5.59. The Morgan fingerprint density at radius 1 is 1.36 bits per heavy atom. The van der Waals surface area contributed by atoms with Gasteiger partial charge in [-0.3, -0.25) is 9.59 Å². The highest BCUT2D eigenvalue weighted by molar-refractivity contribution is 6.00. The molecule has 120 valence electrons. The van der Waals surface area contributed by atoms with E-state index >= 15 is 0 Å². The third kappa shape index (κ3) is 3.39. The highest BCUT2D eigenvalue weighted by atomic mass is 16.5. The van der Waals surface area contributed by atoms with Crippen molar-refractivity contribution >= 4 is 23.2 Å². The lowest BCUT2D eigenvalue weighted by Gasteiger charge is -2.34. The Hall–Kier alpha value is -2.08. The van der Waals surface area contributed by atoms with Gasteiger partial charge in [0, 0.05) is 11.1 Å². The minimum absolute atomic E-state index is 0.0210. The lowest BCUT2D eigenvalue weighted by molar-refractivity contribution is -0.126. The van der Waals surface area contributed by atoms with Gasteiger partial charge in [0.05, 0.1) is 18.3 Å². The zero-order valence-corrected chi connectivity index (χ0v) is 13.5. The standard InChI is InChI=1S/C16H23N3O3/c1-10(17)14(20)18-11-5-6-13-12(9-11)19(7-8-22-13)15(21)16(2,3)4/h5-6,9-10H,7-8,17H2,1-4H3,(H,18,20)/t10-/m1/s1. The fraction of sp³-hybridized carbons (Fsp3) is 0.500. The quantitative estimate of drug-likeness (QED) is 0.871. The Labute approximate surface area is 130 Å². The molecule has 0 unspecified atom stereocenters. The molecule has 1 aliphatic rings. The topological polar surface area (TPSA) is 84.7 Å².